The molecular weight excluding hydrogens is 258 g/mol. The molecule has 0 radical (unpaired) electrons. The normalized spacial score (nSPS) is 11.6. The van der Waals surface area contributed by atoms with Crippen LogP contribution >= 0.6 is 11.3 Å². The first-order valence-electron chi connectivity index (χ1n) is 5.18. The third kappa shape index (κ3) is 4.44. The van der Waals surface area contributed by atoms with Crippen molar-refractivity contribution in [3.8, 4) is 6.07 Å². The standard InChI is InChI=1S/C10H15N3O2S2/c1-8(2)12-5-6-13-17(14,15)10-4-3-9(7-11)16-10/h3-4,8,12-13H,5-6H2,1-2H3. The third-order valence-electron chi connectivity index (χ3n) is 1.93. The molecule has 0 saturated heterocycles. The zero-order valence-electron chi connectivity index (χ0n) is 9.73. The summed E-state index contributed by atoms with van der Waals surface area (Å²) < 4.78 is 26.2. The van der Waals surface area contributed by atoms with E-state index in [1.54, 1.807) is 0 Å². The quantitative estimate of drug-likeness (QED) is 0.754. The fourth-order valence-electron chi connectivity index (χ4n) is 1.14. The van der Waals surface area contributed by atoms with Gasteiger partial charge in [-0.25, -0.2) is 13.1 Å². The minimum absolute atomic E-state index is 0.179. The molecule has 0 bridgehead atoms. The van der Waals surface area contributed by atoms with Crippen LogP contribution in [-0.2, 0) is 10.0 Å². The summed E-state index contributed by atoms with van der Waals surface area (Å²) in [4.78, 5) is 0.394. The Labute approximate surface area is 106 Å². The van der Waals surface area contributed by atoms with Crippen molar-refractivity contribution in [1.82, 2.24) is 10.0 Å². The van der Waals surface area contributed by atoms with Gasteiger partial charge in [-0.2, -0.15) is 5.26 Å². The summed E-state index contributed by atoms with van der Waals surface area (Å²) in [6.07, 6.45) is 0. The van der Waals surface area contributed by atoms with Crippen molar-refractivity contribution in [1.29, 1.82) is 5.26 Å². The lowest BCUT2D eigenvalue weighted by atomic mass is 10.4. The molecule has 0 amide bonds. The number of hydrogen-bond donors (Lipinski definition) is 2. The second-order valence-corrected chi connectivity index (χ2v) is 6.81. The van der Waals surface area contributed by atoms with Crippen LogP contribution in [0.2, 0.25) is 0 Å². The minimum atomic E-state index is -3.47. The highest BCUT2D eigenvalue weighted by Crippen LogP contribution is 2.20. The molecule has 94 valence electrons. The highest BCUT2D eigenvalue weighted by atomic mass is 32.2. The molecule has 1 aromatic heterocycles. The largest absolute Gasteiger partial charge is 0.313 e. The van der Waals surface area contributed by atoms with Crippen molar-refractivity contribution in [2.45, 2.75) is 24.1 Å². The lowest BCUT2D eigenvalue weighted by Crippen LogP contribution is -2.34. The summed E-state index contributed by atoms with van der Waals surface area (Å²) in [6, 6.07) is 5.19. The molecule has 0 saturated carbocycles. The van der Waals surface area contributed by atoms with E-state index in [-0.39, 0.29) is 4.21 Å². The van der Waals surface area contributed by atoms with E-state index in [0.717, 1.165) is 11.3 Å². The molecule has 1 heterocycles. The van der Waals surface area contributed by atoms with E-state index < -0.39 is 10.0 Å². The molecule has 5 nitrogen and oxygen atoms in total. The van der Waals surface area contributed by atoms with Crippen LogP contribution < -0.4 is 10.0 Å². The van der Waals surface area contributed by atoms with E-state index in [0.29, 0.717) is 24.0 Å². The van der Waals surface area contributed by atoms with Crippen molar-refractivity contribution < 1.29 is 8.42 Å². The Bertz CT molecular complexity index is 500. The Morgan fingerprint density at radius 3 is 2.65 bits per heavy atom. The molecule has 7 heteroatoms. The molecule has 1 rings (SSSR count). The van der Waals surface area contributed by atoms with Crippen LogP contribution in [0.4, 0.5) is 0 Å². The topological polar surface area (TPSA) is 82.0 Å². The number of nitrogens with one attached hydrogen (secondary N) is 2. The Morgan fingerprint density at radius 1 is 1.41 bits per heavy atom. The van der Waals surface area contributed by atoms with Gasteiger partial charge >= 0.3 is 0 Å². The van der Waals surface area contributed by atoms with Crippen LogP contribution in [-0.4, -0.2) is 27.5 Å². The number of rotatable bonds is 6. The van der Waals surface area contributed by atoms with Gasteiger partial charge in [0.15, 0.2) is 0 Å². The van der Waals surface area contributed by atoms with E-state index in [1.807, 2.05) is 19.9 Å². The van der Waals surface area contributed by atoms with Gasteiger partial charge in [-0.1, -0.05) is 13.8 Å². The number of hydrogen-bond acceptors (Lipinski definition) is 5. The van der Waals surface area contributed by atoms with Crippen LogP contribution in [0, 0.1) is 11.3 Å². The van der Waals surface area contributed by atoms with E-state index in [2.05, 4.69) is 10.0 Å². The van der Waals surface area contributed by atoms with Crippen LogP contribution in [0.15, 0.2) is 16.3 Å². The van der Waals surface area contributed by atoms with Crippen molar-refractivity contribution in [2.24, 2.45) is 0 Å². The fourth-order valence-corrected chi connectivity index (χ4v) is 3.32. The van der Waals surface area contributed by atoms with Gasteiger partial charge in [-0.05, 0) is 12.1 Å². The molecule has 0 atom stereocenters. The summed E-state index contributed by atoms with van der Waals surface area (Å²) in [5, 5.41) is 11.7. The molecule has 0 aliphatic carbocycles. The predicted molar refractivity (Wildman–Crippen MR) is 67.4 cm³/mol. The number of nitriles is 1. The number of sulfonamides is 1. The molecule has 0 aliphatic heterocycles. The number of nitrogens with zero attached hydrogens (tertiary/aromatic N) is 1. The van der Waals surface area contributed by atoms with Crippen LogP contribution in [0.25, 0.3) is 0 Å². The van der Waals surface area contributed by atoms with E-state index >= 15 is 0 Å². The van der Waals surface area contributed by atoms with Crippen molar-refractivity contribution >= 4 is 21.4 Å². The van der Waals surface area contributed by atoms with E-state index in [9.17, 15) is 8.42 Å². The van der Waals surface area contributed by atoms with Crippen molar-refractivity contribution in [2.75, 3.05) is 13.1 Å². The Kier molecular flexibility index (Phi) is 5.08. The Morgan fingerprint density at radius 2 is 2.12 bits per heavy atom. The lowest BCUT2D eigenvalue weighted by molar-refractivity contribution is 0.561. The summed E-state index contributed by atoms with van der Waals surface area (Å²) in [5.41, 5.74) is 0. The van der Waals surface area contributed by atoms with Gasteiger partial charge in [0, 0.05) is 19.1 Å². The van der Waals surface area contributed by atoms with Gasteiger partial charge in [0.05, 0.1) is 0 Å². The average molecular weight is 273 g/mol. The van der Waals surface area contributed by atoms with Gasteiger partial charge in [0.2, 0.25) is 10.0 Å². The maximum absolute atomic E-state index is 11.8. The molecular formula is C10H15N3O2S2. The summed E-state index contributed by atoms with van der Waals surface area (Å²) >= 11 is 0.972. The third-order valence-corrected chi connectivity index (χ3v) is 4.87. The molecule has 1 aromatic rings. The average Bonchev–Trinajstić information content (AvgIpc) is 2.73. The highest BCUT2D eigenvalue weighted by molar-refractivity contribution is 7.91. The minimum Gasteiger partial charge on any atom is -0.313 e. The molecule has 17 heavy (non-hydrogen) atoms. The lowest BCUT2D eigenvalue weighted by Gasteiger charge is -2.08. The van der Waals surface area contributed by atoms with Gasteiger partial charge in [0.25, 0.3) is 0 Å². The second kappa shape index (κ2) is 6.12. The summed E-state index contributed by atoms with van der Waals surface area (Å²) in [7, 11) is -3.47. The fraction of sp³-hybridized carbons (Fsp3) is 0.500. The van der Waals surface area contributed by atoms with E-state index in [4.69, 9.17) is 5.26 Å². The van der Waals surface area contributed by atoms with E-state index in [1.165, 1.54) is 12.1 Å². The van der Waals surface area contributed by atoms with Crippen LogP contribution in [0.1, 0.15) is 18.7 Å². The molecule has 0 fully saturated rings. The van der Waals surface area contributed by atoms with Crippen LogP contribution in [0.3, 0.4) is 0 Å². The molecule has 0 spiro atoms. The Balaban J connectivity index is 2.55. The first-order valence-corrected chi connectivity index (χ1v) is 7.48. The van der Waals surface area contributed by atoms with Gasteiger partial charge in [-0.3, -0.25) is 0 Å². The number of thiophene rings is 1. The molecule has 0 aliphatic rings. The first kappa shape index (κ1) is 14.1. The van der Waals surface area contributed by atoms with Gasteiger partial charge < -0.3 is 5.32 Å². The zero-order chi connectivity index (χ0) is 12.9. The SMILES string of the molecule is CC(C)NCCNS(=O)(=O)c1ccc(C#N)s1. The molecule has 0 aromatic carbocycles. The highest BCUT2D eigenvalue weighted by Gasteiger charge is 2.15. The second-order valence-electron chi connectivity index (χ2n) is 3.74. The summed E-state index contributed by atoms with van der Waals surface area (Å²) in [5.74, 6) is 0. The Hall–Kier alpha value is -0.940. The van der Waals surface area contributed by atoms with Gasteiger partial charge in [0.1, 0.15) is 15.2 Å². The molecule has 2 N–H and O–H groups in total. The smallest absolute Gasteiger partial charge is 0.250 e. The molecule has 0 unspecified atom stereocenters. The predicted octanol–water partition coefficient (Wildman–Crippen LogP) is 0.896. The van der Waals surface area contributed by atoms with Crippen molar-refractivity contribution in [3.63, 3.8) is 0 Å². The zero-order valence-corrected chi connectivity index (χ0v) is 11.4. The van der Waals surface area contributed by atoms with Crippen molar-refractivity contribution in [3.05, 3.63) is 17.0 Å². The van der Waals surface area contributed by atoms with Gasteiger partial charge in [-0.15, -0.1) is 11.3 Å². The first-order chi connectivity index (χ1) is 7.95. The maximum Gasteiger partial charge on any atom is 0.250 e. The maximum atomic E-state index is 11.8. The van der Waals surface area contributed by atoms with Crippen LogP contribution in [0.5, 0.6) is 0 Å². The monoisotopic (exact) mass is 273 g/mol. The summed E-state index contributed by atoms with van der Waals surface area (Å²) in [6.45, 7) is 4.90.